The molecule has 2 aromatic rings. The van der Waals surface area contributed by atoms with Crippen molar-refractivity contribution in [2.24, 2.45) is 11.8 Å². The van der Waals surface area contributed by atoms with Gasteiger partial charge in [0.2, 0.25) is 5.91 Å². The van der Waals surface area contributed by atoms with E-state index < -0.39 is 0 Å². The number of nitrogens with one attached hydrogen (secondary N) is 2. The normalized spacial score (nSPS) is 14.8. The molecule has 23 heavy (non-hydrogen) atoms. The van der Waals surface area contributed by atoms with E-state index in [2.05, 4.69) is 20.7 Å². The molecule has 0 radical (unpaired) electrons. The van der Waals surface area contributed by atoms with E-state index >= 15 is 0 Å². The molecule has 0 spiro atoms. The lowest BCUT2D eigenvalue weighted by molar-refractivity contribution is -0.126. The molecule has 0 saturated carbocycles. The van der Waals surface area contributed by atoms with E-state index in [-0.39, 0.29) is 36.6 Å². The van der Waals surface area contributed by atoms with Crippen molar-refractivity contribution in [3.8, 4) is 5.82 Å². The Balaban J connectivity index is 0.00000132. The quantitative estimate of drug-likeness (QED) is 0.852. The van der Waals surface area contributed by atoms with Gasteiger partial charge in [-0.1, -0.05) is 6.92 Å². The molecular formula is C15H21Cl2N5O. The van der Waals surface area contributed by atoms with Crippen molar-refractivity contribution < 1.29 is 4.79 Å². The lowest BCUT2D eigenvalue weighted by atomic mass is 9.88. The summed E-state index contributed by atoms with van der Waals surface area (Å²) in [5, 5.41) is 10.3. The van der Waals surface area contributed by atoms with E-state index in [9.17, 15) is 4.79 Å². The topological polar surface area (TPSA) is 71.8 Å². The van der Waals surface area contributed by atoms with Crippen LogP contribution in [0.3, 0.4) is 0 Å². The van der Waals surface area contributed by atoms with Crippen LogP contribution in [0.1, 0.15) is 12.5 Å². The number of nitrogens with zero attached hydrogens (tertiary/aromatic N) is 3. The molecule has 2 aromatic heterocycles. The summed E-state index contributed by atoms with van der Waals surface area (Å²) < 4.78 is 1.70. The minimum Gasteiger partial charge on any atom is -0.352 e. The number of hydrogen-bond donors (Lipinski definition) is 2. The first-order valence-corrected chi connectivity index (χ1v) is 7.17. The third-order valence-corrected chi connectivity index (χ3v) is 3.95. The van der Waals surface area contributed by atoms with Crippen LogP contribution in [0.2, 0.25) is 0 Å². The van der Waals surface area contributed by atoms with Gasteiger partial charge in [-0.25, -0.2) is 9.67 Å². The summed E-state index contributed by atoms with van der Waals surface area (Å²) in [6.07, 6.45) is 5.29. The third kappa shape index (κ3) is 4.67. The van der Waals surface area contributed by atoms with Crippen LogP contribution in [-0.4, -0.2) is 33.8 Å². The molecule has 8 heteroatoms. The second-order valence-corrected chi connectivity index (χ2v) is 5.40. The number of hydrogen-bond acceptors (Lipinski definition) is 4. The van der Waals surface area contributed by atoms with Gasteiger partial charge in [0.15, 0.2) is 5.82 Å². The predicted octanol–water partition coefficient (Wildman–Crippen LogP) is 1.58. The highest BCUT2D eigenvalue weighted by atomic mass is 35.5. The van der Waals surface area contributed by atoms with Gasteiger partial charge >= 0.3 is 0 Å². The summed E-state index contributed by atoms with van der Waals surface area (Å²) in [6.45, 7) is 4.38. The fourth-order valence-corrected chi connectivity index (χ4v) is 2.33. The van der Waals surface area contributed by atoms with Crippen LogP contribution in [0, 0.1) is 11.8 Å². The Morgan fingerprint density at radius 2 is 2.22 bits per heavy atom. The van der Waals surface area contributed by atoms with Crippen molar-refractivity contribution in [1.82, 2.24) is 25.4 Å². The Hall–Kier alpha value is -1.63. The van der Waals surface area contributed by atoms with Gasteiger partial charge in [-0.2, -0.15) is 5.10 Å². The largest absolute Gasteiger partial charge is 0.352 e. The maximum atomic E-state index is 12.1. The standard InChI is InChI=1S/C15H19N5O.2ClH/c1-11(13-9-16-10-13)15(21)18-8-12-3-5-17-14(7-12)20-6-2-4-19-20;;/h2-7,11,13,16H,8-10H2,1H3,(H,18,21);2*1H. The van der Waals surface area contributed by atoms with E-state index in [1.807, 2.05) is 31.3 Å². The Labute approximate surface area is 147 Å². The van der Waals surface area contributed by atoms with E-state index in [1.54, 1.807) is 17.1 Å². The maximum Gasteiger partial charge on any atom is 0.223 e. The van der Waals surface area contributed by atoms with Crippen LogP contribution < -0.4 is 10.6 Å². The summed E-state index contributed by atoms with van der Waals surface area (Å²) in [4.78, 5) is 16.4. The molecule has 1 amide bonds. The first-order chi connectivity index (χ1) is 10.2. The zero-order valence-electron chi connectivity index (χ0n) is 12.8. The number of amides is 1. The molecule has 2 N–H and O–H groups in total. The molecule has 0 bridgehead atoms. The molecule has 0 aliphatic carbocycles. The highest BCUT2D eigenvalue weighted by molar-refractivity contribution is 5.85. The molecule has 6 nitrogen and oxygen atoms in total. The molecule has 1 aliphatic rings. The van der Waals surface area contributed by atoms with Crippen molar-refractivity contribution in [1.29, 1.82) is 0 Å². The zero-order valence-corrected chi connectivity index (χ0v) is 14.4. The summed E-state index contributed by atoms with van der Waals surface area (Å²) in [7, 11) is 0. The molecule has 0 aromatic carbocycles. The minimum atomic E-state index is 0. The van der Waals surface area contributed by atoms with Crippen LogP contribution in [0.25, 0.3) is 5.82 Å². The summed E-state index contributed by atoms with van der Waals surface area (Å²) in [5.74, 6) is 1.38. The van der Waals surface area contributed by atoms with E-state index in [0.29, 0.717) is 12.5 Å². The Kier molecular flexibility index (Phi) is 7.48. The van der Waals surface area contributed by atoms with Gasteiger partial charge in [0.25, 0.3) is 0 Å². The second kappa shape index (κ2) is 8.86. The molecule has 1 aliphatic heterocycles. The molecule has 3 heterocycles. The highest BCUT2D eigenvalue weighted by Crippen LogP contribution is 2.16. The van der Waals surface area contributed by atoms with Crippen LogP contribution in [-0.2, 0) is 11.3 Å². The minimum absolute atomic E-state index is 0. The maximum absolute atomic E-state index is 12.1. The third-order valence-electron chi connectivity index (χ3n) is 3.95. The Morgan fingerprint density at radius 3 is 2.83 bits per heavy atom. The average Bonchev–Trinajstić information content (AvgIpc) is 2.97. The Morgan fingerprint density at radius 1 is 1.43 bits per heavy atom. The number of aromatic nitrogens is 3. The van der Waals surface area contributed by atoms with Gasteiger partial charge in [0, 0.05) is 31.1 Å². The monoisotopic (exact) mass is 357 g/mol. The first kappa shape index (κ1) is 19.4. The van der Waals surface area contributed by atoms with Crippen molar-refractivity contribution in [2.45, 2.75) is 13.5 Å². The van der Waals surface area contributed by atoms with Crippen LogP contribution >= 0.6 is 24.8 Å². The lowest BCUT2D eigenvalue weighted by Crippen LogP contribution is -2.49. The van der Waals surface area contributed by atoms with E-state index in [1.165, 1.54) is 0 Å². The van der Waals surface area contributed by atoms with Crippen LogP contribution in [0.15, 0.2) is 36.8 Å². The van der Waals surface area contributed by atoms with Gasteiger partial charge in [-0.15, -0.1) is 24.8 Å². The molecule has 1 saturated heterocycles. The summed E-state index contributed by atoms with van der Waals surface area (Å²) in [6, 6.07) is 5.69. The van der Waals surface area contributed by atoms with Crippen molar-refractivity contribution in [3.63, 3.8) is 0 Å². The summed E-state index contributed by atoms with van der Waals surface area (Å²) in [5.41, 5.74) is 1.02. The number of carbonyl (C=O) groups is 1. The van der Waals surface area contributed by atoms with Gasteiger partial charge in [0.05, 0.1) is 0 Å². The number of pyridine rings is 1. The molecule has 3 rings (SSSR count). The smallest absolute Gasteiger partial charge is 0.223 e. The summed E-state index contributed by atoms with van der Waals surface area (Å²) >= 11 is 0. The predicted molar refractivity (Wildman–Crippen MR) is 93.2 cm³/mol. The molecule has 1 fully saturated rings. The van der Waals surface area contributed by atoms with Gasteiger partial charge in [0.1, 0.15) is 0 Å². The second-order valence-electron chi connectivity index (χ2n) is 5.40. The molecule has 126 valence electrons. The fraction of sp³-hybridized carbons (Fsp3) is 0.400. The first-order valence-electron chi connectivity index (χ1n) is 7.17. The van der Waals surface area contributed by atoms with Crippen molar-refractivity contribution in [2.75, 3.05) is 13.1 Å². The van der Waals surface area contributed by atoms with Gasteiger partial charge in [-0.3, -0.25) is 4.79 Å². The van der Waals surface area contributed by atoms with Gasteiger partial charge < -0.3 is 10.6 Å². The lowest BCUT2D eigenvalue weighted by Gasteiger charge is -2.31. The molecule has 1 unspecified atom stereocenters. The fourth-order valence-electron chi connectivity index (χ4n) is 2.33. The number of halogens is 2. The molecular weight excluding hydrogens is 337 g/mol. The SMILES string of the molecule is CC(C(=O)NCc1ccnc(-n2cccn2)c1)C1CNC1.Cl.Cl. The zero-order chi connectivity index (χ0) is 14.7. The van der Waals surface area contributed by atoms with Crippen molar-refractivity contribution >= 4 is 30.7 Å². The van der Waals surface area contributed by atoms with Crippen LogP contribution in [0.5, 0.6) is 0 Å². The van der Waals surface area contributed by atoms with E-state index in [4.69, 9.17) is 0 Å². The Bertz CT molecular complexity index is 616. The van der Waals surface area contributed by atoms with Crippen molar-refractivity contribution in [3.05, 3.63) is 42.4 Å². The van der Waals surface area contributed by atoms with Gasteiger partial charge in [-0.05, 0) is 42.8 Å². The van der Waals surface area contributed by atoms with Crippen LogP contribution in [0.4, 0.5) is 0 Å². The number of rotatable bonds is 5. The van der Waals surface area contributed by atoms with E-state index in [0.717, 1.165) is 24.5 Å². The number of carbonyl (C=O) groups excluding carboxylic acids is 1. The average molecular weight is 358 g/mol. The highest BCUT2D eigenvalue weighted by Gasteiger charge is 2.28. The molecule has 1 atom stereocenters.